The number of rotatable bonds is 8. The lowest BCUT2D eigenvalue weighted by Crippen LogP contribution is -2.33. The molecule has 0 radical (unpaired) electrons. The third-order valence-corrected chi connectivity index (χ3v) is 4.22. The van der Waals surface area contributed by atoms with Crippen molar-refractivity contribution in [3.05, 3.63) is 36.4 Å². The Balaban J connectivity index is 1.85. The summed E-state index contributed by atoms with van der Waals surface area (Å²) in [6, 6.07) is 3.67. The van der Waals surface area contributed by atoms with Gasteiger partial charge in [-0.05, 0) is 46.2 Å². The van der Waals surface area contributed by atoms with E-state index in [1.54, 1.807) is 13.1 Å². The van der Waals surface area contributed by atoms with Crippen LogP contribution in [0.4, 0.5) is 10.6 Å². The standard InChI is InChI=1S/C21H29N7O3/c1-13(2)27-30-12-15-26-17-18(16-14(25-19(17)22)8-6-9-23-16)28(15)11-7-10-24-20(29)31-21(3,4)5/h6,8-9,27H,1,7,10-12H2,2-5H3,(H2,22,25)(H,24,29). The molecule has 31 heavy (non-hydrogen) atoms. The normalized spacial score (nSPS) is 11.6. The van der Waals surface area contributed by atoms with Crippen LogP contribution in [0.15, 0.2) is 30.6 Å². The quantitative estimate of drug-likeness (QED) is 0.369. The SMILES string of the molecule is C=C(C)NOCc1nc2c(N)nc3cccnc3c2n1CCCNC(=O)OC(C)(C)C. The molecule has 10 heteroatoms. The van der Waals surface area contributed by atoms with E-state index in [1.807, 2.05) is 37.5 Å². The summed E-state index contributed by atoms with van der Waals surface area (Å²) in [6.45, 7) is 12.2. The van der Waals surface area contributed by atoms with Crippen LogP contribution < -0.4 is 16.5 Å². The average Bonchev–Trinajstić information content (AvgIpc) is 3.03. The molecule has 0 aliphatic heterocycles. The number of nitrogens with two attached hydrogens (primary N) is 1. The fourth-order valence-electron chi connectivity index (χ4n) is 3.09. The van der Waals surface area contributed by atoms with Crippen LogP contribution in [0.25, 0.3) is 22.1 Å². The van der Waals surface area contributed by atoms with Crippen LogP contribution >= 0.6 is 0 Å². The van der Waals surface area contributed by atoms with Gasteiger partial charge in [0.05, 0.1) is 5.52 Å². The van der Waals surface area contributed by atoms with Gasteiger partial charge in [-0.3, -0.25) is 15.3 Å². The molecule has 0 saturated heterocycles. The Morgan fingerprint density at radius 3 is 2.77 bits per heavy atom. The van der Waals surface area contributed by atoms with Gasteiger partial charge in [0.15, 0.2) is 5.82 Å². The van der Waals surface area contributed by atoms with E-state index in [0.29, 0.717) is 53.4 Å². The second kappa shape index (κ2) is 9.17. The highest BCUT2D eigenvalue weighted by Crippen LogP contribution is 2.27. The number of nitrogens with zero attached hydrogens (tertiary/aromatic N) is 4. The van der Waals surface area contributed by atoms with Crippen molar-refractivity contribution in [2.45, 2.75) is 52.9 Å². The molecule has 3 rings (SSSR count). The van der Waals surface area contributed by atoms with Gasteiger partial charge in [-0.25, -0.2) is 14.8 Å². The molecule has 0 unspecified atom stereocenters. The number of fused-ring (bicyclic) bond motifs is 3. The minimum absolute atomic E-state index is 0.189. The number of anilines is 1. The number of amides is 1. The number of aryl methyl sites for hydroxylation is 1. The summed E-state index contributed by atoms with van der Waals surface area (Å²) < 4.78 is 7.28. The number of hydrogen-bond acceptors (Lipinski definition) is 8. The molecule has 0 spiro atoms. The summed E-state index contributed by atoms with van der Waals surface area (Å²) in [5, 5.41) is 2.77. The smallest absolute Gasteiger partial charge is 0.407 e. The van der Waals surface area contributed by atoms with E-state index in [4.69, 9.17) is 15.3 Å². The van der Waals surface area contributed by atoms with Crippen LogP contribution in [0.2, 0.25) is 0 Å². The molecule has 0 aliphatic carbocycles. The van der Waals surface area contributed by atoms with Crippen molar-refractivity contribution in [1.82, 2.24) is 30.3 Å². The summed E-state index contributed by atoms with van der Waals surface area (Å²) in [7, 11) is 0. The van der Waals surface area contributed by atoms with Crippen molar-refractivity contribution in [3.63, 3.8) is 0 Å². The fourth-order valence-corrected chi connectivity index (χ4v) is 3.09. The van der Waals surface area contributed by atoms with Gasteiger partial charge >= 0.3 is 6.09 Å². The van der Waals surface area contributed by atoms with Crippen molar-refractivity contribution in [3.8, 4) is 0 Å². The summed E-state index contributed by atoms with van der Waals surface area (Å²) in [4.78, 5) is 31.0. The molecule has 3 aromatic rings. The monoisotopic (exact) mass is 427 g/mol. The van der Waals surface area contributed by atoms with Gasteiger partial charge in [-0.1, -0.05) is 6.58 Å². The van der Waals surface area contributed by atoms with Gasteiger partial charge in [-0.15, -0.1) is 0 Å². The molecule has 0 fully saturated rings. The lowest BCUT2D eigenvalue weighted by molar-refractivity contribution is 0.0437. The number of carbonyl (C=O) groups excluding carboxylic acids is 1. The highest BCUT2D eigenvalue weighted by atomic mass is 16.6. The third-order valence-electron chi connectivity index (χ3n) is 4.22. The van der Waals surface area contributed by atoms with Crippen molar-refractivity contribution in [1.29, 1.82) is 0 Å². The number of imidazole rings is 1. The van der Waals surface area contributed by atoms with E-state index in [9.17, 15) is 4.79 Å². The Bertz CT molecular complexity index is 1100. The number of pyridine rings is 2. The number of hydrogen-bond donors (Lipinski definition) is 3. The second-order valence-corrected chi connectivity index (χ2v) is 8.20. The molecule has 166 valence electrons. The number of ether oxygens (including phenoxy) is 1. The summed E-state index contributed by atoms with van der Waals surface area (Å²) in [6.07, 6.45) is 1.90. The third kappa shape index (κ3) is 5.60. The van der Waals surface area contributed by atoms with Crippen LogP contribution in [0.3, 0.4) is 0 Å². The maximum absolute atomic E-state index is 11.9. The number of allylic oxidation sites excluding steroid dienone is 1. The lowest BCUT2D eigenvalue weighted by atomic mass is 10.2. The van der Waals surface area contributed by atoms with E-state index in [-0.39, 0.29) is 6.61 Å². The Morgan fingerprint density at radius 1 is 1.29 bits per heavy atom. The molecule has 0 bridgehead atoms. The van der Waals surface area contributed by atoms with Gasteiger partial charge in [0.25, 0.3) is 0 Å². The molecule has 0 aliphatic rings. The zero-order valence-electron chi connectivity index (χ0n) is 18.4. The van der Waals surface area contributed by atoms with E-state index >= 15 is 0 Å². The number of nitrogen functional groups attached to an aromatic ring is 1. The molecule has 0 aromatic carbocycles. The maximum Gasteiger partial charge on any atom is 0.407 e. The Morgan fingerprint density at radius 2 is 2.06 bits per heavy atom. The average molecular weight is 428 g/mol. The fraction of sp³-hybridized carbons (Fsp3) is 0.429. The highest BCUT2D eigenvalue weighted by Gasteiger charge is 2.19. The number of alkyl carbamates (subject to hydrolysis) is 1. The zero-order chi connectivity index (χ0) is 22.6. The van der Waals surface area contributed by atoms with Crippen LogP contribution in [0, 0.1) is 0 Å². The van der Waals surface area contributed by atoms with Gasteiger partial charge in [0.2, 0.25) is 0 Å². The van der Waals surface area contributed by atoms with Crippen LogP contribution in [-0.2, 0) is 22.7 Å². The topological polar surface area (TPSA) is 129 Å². The van der Waals surface area contributed by atoms with Gasteiger partial charge in [0.1, 0.15) is 34.6 Å². The Hall–Kier alpha value is -3.40. The van der Waals surface area contributed by atoms with Crippen LogP contribution in [0.1, 0.15) is 39.9 Å². The van der Waals surface area contributed by atoms with Crippen LogP contribution in [-0.4, -0.2) is 37.8 Å². The van der Waals surface area contributed by atoms with Crippen LogP contribution in [0.5, 0.6) is 0 Å². The molecule has 3 heterocycles. The molecule has 3 aromatic heterocycles. The minimum Gasteiger partial charge on any atom is -0.444 e. The zero-order valence-corrected chi connectivity index (χ0v) is 18.4. The number of carbonyl (C=O) groups is 1. The predicted molar refractivity (Wildman–Crippen MR) is 119 cm³/mol. The van der Waals surface area contributed by atoms with Crippen molar-refractivity contribution in [2.24, 2.45) is 0 Å². The van der Waals surface area contributed by atoms with Gasteiger partial charge < -0.3 is 20.4 Å². The molecule has 1 amide bonds. The summed E-state index contributed by atoms with van der Waals surface area (Å²) in [5.41, 5.74) is 11.8. The van der Waals surface area contributed by atoms with E-state index in [1.165, 1.54) is 0 Å². The molecule has 10 nitrogen and oxygen atoms in total. The van der Waals surface area contributed by atoms with E-state index < -0.39 is 11.7 Å². The highest BCUT2D eigenvalue weighted by molar-refractivity contribution is 6.04. The van der Waals surface area contributed by atoms with Gasteiger partial charge in [-0.2, -0.15) is 0 Å². The van der Waals surface area contributed by atoms with E-state index in [0.717, 1.165) is 5.52 Å². The minimum atomic E-state index is -0.541. The molecule has 0 saturated carbocycles. The summed E-state index contributed by atoms with van der Waals surface area (Å²) >= 11 is 0. The molecular formula is C21H29N7O3. The number of hydroxylamine groups is 1. The second-order valence-electron chi connectivity index (χ2n) is 8.20. The Labute approximate surface area is 180 Å². The molecule has 0 atom stereocenters. The number of aromatic nitrogens is 4. The first kappa shape index (κ1) is 22.3. The molecular weight excluding hydrogens is 398 g/mol. The summed E-state index contributed by atoms with van der Waals surface area (Å²) in [5.74, 6) is 0.989. The molecule has 4 N–H and O–H groups in total. The van der Waals surface area contributed by atoms with Crippen molar-refractivity contribution < 1.29 is 14.4 Å². The van der Waals surface area contributed by atoms with E-state index in [2.05, 4.69) is 32.3 Å². The van der Waals surface area contributed by atoms with Crippen molar-refractivity contribution >= 4 is 34.0 Å². The predicted octanol–water partition coefficient (Wildman–Crippen LogP) is 3.03. The van der Waals surface area contributed by atoms with Crippen molar-refractivity contribution in [2.75, 3.05) is 12.3 Å². The first-order valence-corrected chi connectivity index (χ1v) is 10.0. The van der Waals surface area contributed by atoms with Gasteiger partial charge in [0, 0.05) is 25.0 Å². The number of nitrogens with one attached hydrogen (secondary N) is 2. The first-order chi connectivity index (χ1) is 14.7. The lowest BCUT2D eigenvalue weighted by Gasteiger charge is -2.19. The Kier molecular flexibility index (Phi) is 6.59. The first-order valence-electron chi connectivity index (χ1n) is 10.0. The largest absolute Gasteiger partial charge is 0.444 e. The maximum atomic E-state index is 11.9.